The maximum Gasteiger partial charge on any atom is 0.227 e. The highest BCUT2D eigenvalue weighted by Crippen LogP contribution is 2.38. The molecule has 0 radical (unpaired) electrons. The van der Waals surface area contributed by atoms with Crippen LogP contribution >= 0.6 is 0 Å². The van der Waals surface area contributed by atoms with Gasteiger partial charge in [-0.15, -0.1) is 0 Å². The van der Waals surface area contributed by atoms with Gasteiger partial charge in [-0.05, 0) is 48.7 Å². The van der Waals surface area contributed by atoms with E-state index < -0.39 is 0 Å². The van der Waals surface area contributed by atoms with Crippen LogP contribution in [0.4, 0.5) is 5.69 Å². The van der Waals surface area contributed by atoms with Gasteiger partial charge < -0.3 is 10.3 Å². The Morgan fingerprint density at radius 1 is 1.18 bits per heavy atom. The van der Waals surface area contributed by atoms with E-state index in [1.807, 2.05) is 48.5 Å². The molecule has 2 N–H and O–H groups in total. The zero-order valence-electron chi connectivity index (χ0n) is 12.3. The lowest BCUT2D eigenvalue weighted by molar-refractivity contribution is -0.117. The van der Waals surface area contributed by atoms with Gasteiger partial charge in [-0.2, -0.15) is 0 Å². The summed E-state index contributed by atoms with van der Waals surface area (Å²) in [5.41, 5.74) is 3.83. The maximum atomic E-state index is 11.9. The average Bonchev–Trinajstić information content (AvgIpc) is 3.11. The predicted molar refractivity (Wildman–Crippen MR) is 87.4 cm³/mol. The van der Waals surface area contributed by atoms with Crippen LogP contribution in [0, 0.1) is 11.8 Å². The number of imidazole rings is 1. The van der Waals surface area contributed by atoms with Gasteiger partial charge in [0.25, 0.3) is 0 Å². The standard InChI is InChI=1S/C18H17N3O/c1-11-10-14(11)18(22)19-13-8-6-12(7-9-13)17-20-15-4-2-3-5-16(15)21-17/h2-9,11,14H,10H2,1H3,(H,19,22)(H,20,21)/t11-,14+/m1/s1. The topological polar surface area (TPSA) is 57.8 Å². The minimum Gasteiger partial charge on any atom is -0.338 e. The molecule has 1 fully saturated rings. The van der Waals surface area contributed by atoms with Crippen molar-refractivity contribution in [3.63, 3.8) is 0 Å². The molecule has 0 aliphatic heterocycles. The lowest BCUT2D eigenvalue weighted by atomic mass is 10.2. The molecule has 0 spiro atoms. The highest BCUT2D eigenvalue weighted by atomic mass is 16.2. The molecule has 1 amide bonds. The van der Waals surface area contributed by atoms with Crippen molar-refractivity contribution in [1.82, 2.24) is 9.97 Å². The van der Waals surface area contributed by atoms with Crippen LogP contribution in [0.3, 0.4) is 0 Å². The van der Waals surface area contributed by atoms with Gasteiger partial charge in [0.05, 0.1) is 11.0 Å². The number of anilines is 1. The van der Waals surface area contributed by atoms with Crippen molar-refractivity contribution in [2.75, 3.05) is 5.32 Å². The second kappa shape index (κ2) is 4.98. The van der Waals surface area contributed by atoms with E-state index in [0.29, 0.717) is 5.92 Å². The van der Waals surface area contributed by atoms with Gasteiger partial charge in [0.15, 0.2) is 0 Å². The fraction of sp³-hybridized carbons (Fsp3) is 0.222. The molecule has 1 heterocycles. The molecule has 1 aromatic heterocycles. The third kappa shape index (κ3) is 2.37. The number of nitrogens with zero attached hydrogens (tertiary/aromatic N) is 1. The number of hydrogen-bond acceptors (Lipinski definition) is 2. The minimum atomic E-state index is 0.129. The molecule has 3 aromatic rings. The fourth-order valence-electron chi connectivity index (χ4n) is 2.72. The zero-order valence-corrected chi connectivity index (χ0v) is 12.3. The number of aromatic amines is 1. The molecule has 1 saturated carbocycles. The molecule has 22 heavy (non-hydrogen) atoms. The van der Waals surface area contributed by atoms with Crippen molar-refractivity contribution >= 4 is 22.6 Å². The first-order valence-corrected chi connectivity index (χ1v) is 7.57. The first-order chi connectivity index (χ1) is 10.7. The molecule has 1 aliphatic carbocycles. The quantitative estimate of drug-likeness (QED) is 0.770. The number of aromatic nitrogens is 2. The average molecular weight is 291 g/mol. The van der Waals surface area contributed by atoms with Gasteiger partial charge in [-0.3, -0.25) is 4.79 Å². The fourth-order valence-corrected chi connectivity index (χ4v) is 2.72. The summed E-state index contributed by atoms with van der Waals surface area (Å²) in [4.78, 5) is 19.8. The normalized spacial score (nSPS) is 20.0. The molecule has 0 bridgehead atoms. The predicted octanol–water partition coefficient (Wildman–Crippen LogP) is 3.82. The van der Waals surface area contributed by atoms with Crippen LogP contribution < -0.4 is 5.32 Å². The second-order valence-corrected chi connectivity index (χ2v) is 5.99. The van der Waals surface area contributed by atoms with Crippen molar-refractivity contribution in [3.8, 4) is 11.4 Å². The molecule has 4 nitrogen and oxygen atoms in total. The number of fused-ring (bicyclic) bond motifs is 1. The Kier molecular flexibility index (Phi) is 2.96. The van der Waals surface area contributed by atoms with E-state index in [4.69, 9.17) is 0 Å². The summed E-state index contributed by atoms with van der Waals surface area (Å²) >= 11 is 0. The van der Waals surface area contributed by atoms with Gasteiger partial charge in [-0.25, -0.2) is 4.98 Å². The van der Waals surface area contributed by atoms with Crippen LogP contribution in [0.2, 0.25) is 0 Å². The van der Waals surface area contributed by atoms with Crippen molar-refractivity contribution < 1.29 is 4.79 Å². The number of hydrogen-bond donors (Lipinski definition) is 2. The molecule has 4 rings (SSSR count). The molecular weight excluding hydrogens is 274 g/mol. The molecule has 2 atom stereocenters. The number of carbonyl (C=O) groups is 1. The number of H-pyrrole nitrogens is 1. The summed E-state index contributed by atoms with van der Waals surface area (Å²) < 4.78 is 0. The number of nitrogens with one attached hydrogen (secondary N) is 2. The SMILES string of the molecule is C[C@@H]1C[C@@H]1C(=O)Nc1ccc(-c2nc3ccccc3[nH]2)cc1. The Morgan fingerprint density at radius 3 is 2.59 bits per heavy atom. The third-order valence-corrected chi connectivity index (χ3v) is 4.26. The van der Waals surface area contributed by atoms with Crippen LogP contribution in [0.5, 0.6) is 0 Å². The smallest absolute Gasteiger partial charge is 0.227 e. The number of carbonyl (C=O) groups excluding carboxylic acids is 1. The van der Waals surface area contributed by atoms with Crippen LogP contribution in [0.1, 0.15) is 13.3 Å². The van der Waals surface area contributed by atoms with Gasteiger partial charge in [0.2, 0.25) is 5.91 Å². The first kappa shape index (κ1) is 13.1. The third-order valence-electron chi connectivity index (χ3n) is 4.26. The monoisotopic (exact) mass is 291 g/mol. The van der Waals surface area contributed by atoms with E-state index in [-0.39, 0.29) is 11.8 Å². The summed E-state index contributed by atoms with van der Waals surface area (Å²) in [6.07, 6.45) is 1.00. The molecule has 2 aromatic carbocycles. The van der Waals surface area contributed by atoms with Gasteiger partial charge in [0.1, 0.15) is 5.82 Å². The largest absolute Gasteiger partial charge is 0.338 e. The Bertz CT molecular complexity index is 802. The molecule has 0 saturated heterocycles. The molecular formula is C18H17N3O. The Labute approximate surface area is 128 Å². The Hall–Kier alpha value is -2.62. The van der Waals surface area contributed by atoms with Crippen molar-refractivity contribution in [2.24, 2.45) is 11.8 Å². The van der Waals surface area contributed by atoms with Crippen molar-refractivity contribution in [1.29, 1.82) is 0 Å². The van der Waals surface area contributed by atoms with Crippen LogP contribution in [-0.2, 0) is 4.79 Å². The summed E-state index contributed by atoms with van der Waals surface area (Å²) in [5.74, 6) is 1.68. The van der Waals surface area contributed by atoms with E-state index in [2.05, 4.69) is 22.2 Å². The van der Waals surface area contributed by atoms with Crippen LogP contribution in [-0.4, -0.2) is 15.9 Å². The van der Waals surface area contributed by atoms with E-state index in [1.54, 1.807) is 0 Å². The Morgan fingerprint density at radius 2 is 1.91 bits per heavy atom. The van der Waals surface area contributed by atoms with Crippen LogP contribution in [0.25, 0.3) is 22.4 Å². The lowest BCUT2D eigenvalue weighted by Crippen LogP contribution is -2.14. The molecule has 4 heteroatoms. The first-order valence-electron chi connectivity index (χ1n) is 7.57. The number of benzene rings is 2. The van der Waals surface area contributed by atoms with Crippen molar-refractivity contribution in [2.45, 2.75) is 13.3 Å². The number of rotatable bonds is 3. The summed E-state index contributed by atoms with van der Waals surface area (Å²) in [6.45, 7) is 2.11. The second-order valence-electron chi connectivity index (χ2n) is 5.99. The number of amides is 1. The summed E-state index contributed by atoms with van der Waals surface area (Å²) in [7, 11) is 0. The Balaban J connectivity index is 1.54. The van der Waals surface area contributed by atoms with E-state index >= 15 is 0 Å². The zero-order chi connectivity index (χ0) is 15.1. The highest BCUT2D eigenvalue weighted by Gasteiger charge is 2.38. The maximum absolute atomic E-state index is 11.9. The van der Waals surface area contributed by atoms with Crippen LogP contribution in [0.15, 0.2) is 48.5 Å². The number of para-hydroxylation sites is 2. The van der Waals surface area contributed by atoms with E-state index in [1.165, 1.54) is 0 Å². The van der Waals surface area contributed by atoms with E-state index in [0.717, 1.165) is 34.5 Å². The summed E-state index contributed by atoms with van der Waals surface area (Å²) in [6, 6.07) is 15.8. The van der Waals surface area contributed by atoms with Gasteiger partial charge >= 0.3 is 0 Å². The van der Waals surface area contributed by atoms with Gasteiger partial charge in [0, 0.05) is 17.2 Å². The highest BCUT2D eigenvalue weighted by molar-refractivity contribution is 5.94. The van der Waals surface area contributed by atoms with Crippen molar-refractivity contribution in [3.05, 3.63) is 48.5 Å². The molecule has 1 aliphatic rings. The minimum absolute atomic E-state index is 0.129. The molecule has 0 unspecified atom stereocenters. The van der Waals surface area contributed by atoms with Gasteiger partial charge in [-0.1, -0.05) is 19.1 Å². The summed E-state index contributed by atoms with van der Waals surface area (Å²) in [5, 5.41) is 2.97. The molecule has 110 valence electrons. The van der Waals surface area contributed by atoms with E-state index in [9.17, 15) is 4.79 Å². The lowest BCUT2D eigenvalue weighted by Gasteiger charge is -2.05.